The zero-order valence-electron chi connectivity index (χ0n) is 9.60. The summed E-state index contributed by atoms with van der Waals surface area (Å²) in [5, 5.41) is 13.9. The van der Waals surface area contributed by atoms with Crippen molar-refractivity contribution >= 4 is 22.2 Å². The van der Waals surface area contributed by atoms with Gasteiger partial charge in [0.15, 0.2) is 0 Å². The third kappa shape index (κ3) is 3.04. The third-order valence-electron chi connectivity index (χ3n) is 2.90. The van der Waals surface area contributed by atoms with Crippen LogP contribution in [-0.2, 0) is 10.8 Å². The number of nitrogens with zero attached hydrogens (tertiary/aromatic N) is 1. The van der Waals surface area contributed by atoms with Gasteiger partial charge in [-0.1, -0.05) is 0 Å². The summed E-state index contributed by atoms with van der Waals surface area (Å²) in [5.41, 5.74) is 0.0563. The molecule has 0 spiro atoms. The van der Waals surface area contributed by atoms with Crippen molar-refractivity contribution in [3.8, 4) is 0 Å². The molecule has 1 fully saturated rings. The van der Waals surface area contributed by atoms with Gasteiger partial charge in [0.05, 0.1) is 11.0 Å². The van der Waals surface area contributed by atoms with Crippen LogP contribution >= 0.6 is 0 Å². The summed E-state index contributed by atoms with van der Waals surface area (Å²) in [5.74, 6) is 0.580. The van der Waals surface area contributed by atoms with Gasteiger partial charge in [0, 0.05) is 28.3 Å². The van der Waals surface area contributed by atoms with E-state index in [1.54, 1.807) is 0 Å². The lowest BCUT2D eigenvalue weighted by Gasteiger charge is -2.23. The van der Waals surface area contributed by atoms with E-state index in [1.807, 2.05) is 0 Å². The smallest absolute Gasteiger partial charge is 0.295 e. The molecule has 1 N–H and O–H groups in total. The molecule has 0 bridgehead atoms. The highest BCUT2D eigenvalue weighted by Crippen LogP contribution is 2.27. The van der Waals surface area contributed by atoms with Crippen molar-refractivity contribution in [1.29, 1.82) is 0 Å². The minimum absolute atomic E-state index is 0.0619. The van der Waals surface area contributed by atoms with Gasteiger partial charge in [0.2, 0.25) is 0 Å². The molecule has 18 heavy (non-hydrogen) atoms. The predicted molar refractivity (Wildman–Crippen MR) is 67.6 cm³/mol. The van der Waals surface area contributed by atoms with Gasteiger partial charge in [-0.2, -0.15) is 0 Å². The summed E-state index contributed by atoms with van der Waals surface area (Å²) in [4.78, 5) is 10.2. The number of nitro groups is 1. The van der Waals surface area contributed by atoms with Crippen LogP contribution in [0.2, 0.25) is 0 Å². The molecule has 1 aromatic carbocycles. The van der Waals surface area contributed by atoms with Crippen molar-refractivity contribution in [3.05, 3.63) is 34.1 Å². The fourth-order valence-corrected chi connectivity index (χ4v) is 3.23. The molecule has 1 aromatic rings. The zero-order chi connectivity index (χ0) is 13.1. The maximum absolute atomic E-state index is 13.0. The number of hydrogen-bond acceptors (Lipinski definition) is 4. The Morgan fingerprint density at radius 2 is 2.06 bits per heavy atom. The number of anilines is 1. The average molecular weight is 272 g/mol. The van der Waals surface area contributed by atoms with Crippen LogP contribution in [-0.4, -0.2) is 26.7 Å². The maximum atomic E-state index is 13.0. The molecule has 1 aliphatic heterocycles. The third-order valence-corrected chi connectivity index (χ3v) is 4.29. The van der Waals surface area contributed by atoms with Crippen LogP contribution in [0.1, 0.15) is 12.8 Å². The highest BCUT2D eigenvalue weighted by molar-refractivity contribution is 7.85. The van der Waals surface area contributed by atoms with Crippen LogP contribution in [0.5, 0.6) is 0 Å². The van der Waals surface area contributed by atoms with Gasteiger partial charge in [-0.05, 0) is 25.0 Å². The van der Waals surface area contributed by atoms with E-state index in [0.717, 1.165) is 6.07 Å². The molecular weight excluding hydrogens is 259 g/mol. The minimum atomic E-state index is -0.771. The standard InChI is InChI=1S/C11H13FN2O3S/c12-8-1-2-10(11(7-8)14(15)16)13-9-3-5-18(17)6-4-9/h1-2,7,9,13H,3-6H2. The van der Waals surface area contributed by atoms with Gasteiger partial charge in [0.1, 0.15) is 11.5 Å². The maximum Gasteiger partial charge on any atom is 0.295 e. The van der Waals surface area contributed by atoms with E-state index in [-0.39, 0.29) is 11.7 Å². The normalized spacial score (nSPS) is 23.6. The zero-order valence-corrected chi connectivity index (χ0v) is 10.4. The van der Waals surface area contributed by atoms with Gasteiger partial charge >= 0.3 is 0 Å². The molecule has 0 aromatic heterocycles. The summed E-state index contributed by atoms with van der Waals surface area (Å²) < 4.78 is 24.2. The van der Waals surface area contributed by atoms with E-state index in [4.69, 9.17) is 0 Å². The second kappa shape index (κ2) is 5.43. The molecule has 7 heteroatoms. The first-order chi connectivity index (χ1) is 8.56. The molecule has 1 aliphatic rings. The first-order valence-electron chi connectivity index (χ1n) is 5.61. The molecule has 0 aliphatic carbocycles. The number of halogens is 1. The van der Waals surface area contributed by atoms with Crippen molar-refractivity contribution in [2.45, 2.75) is 18.9 Å². The summed E-state index contributed by atoms with van der Waals surface area (Å²) in [7, 11) is -0.771. The highest BCUT2D eigenvalue weighted by Gasteiger charge is 2.21. The fourth-order valence-electron chi connectivity index (χ4n) is 1.94. The Morgan fingerprint density at radius 1 is 1.39 bits per heavy atom. The van der Waals surface area contributed by atoms with E-state index >= 15 is 0 Å². The summed E-state index contributed by atoms with van der Waals surface area (Å²) >= 11 is 0. The number of nitro benzene ring substituents is 1. The quantitative estimate of drug-likeness (QED) is 0.675. The topological polar surface area (TPSA) is 72.2 Å². The minimum Gasteiger partial charge on any atom is -0.377 e. The van der Waals surface area contributed by atoms with E-state index in [0.29, 0.717) is 30.0 Å². The van der Waals surface area contributed by atoms with Crippen LogP contribution < -0.4 is 5.32 Å². The molecule has 0 radical (unpaired) electrons. The first-order valence-corrected chi connectivity index (χ1v) is 7.10. The Labute approximate surface area is 106 Å². The van der Waals surface area contributed by atoms with E-state index < -0.39 is 21.5 Å². The van der Waals surface area contributed by atoms with Crippen molar-refractivity contribution in [2.24, 2.45) is 0 Å². The van der Waals surface area contributed by atoms with Gasteiger partial charge in [-0.15, -0.1) is 0 Å². The SMILES string of the molecule is O=[N+]([O-])c1cc(F)ccc1NC1CCS(=O)CC1. The summed E-state index contributed by atoms with van der Waals surface area (Å²) in [6, 6.07) is 3.53. The van der Waals surface area contributed by atoms with Gasteiger partial charge in [-0.3, -0.25) is 14.3 Å². The number of hydrogen-bond donors (Lipinski definition) is 1. The largest absolute Gasteiger partial charge is 0.377 e. The van der Waals surface area contributed by atoms with Gasteiger partial charge in [0.25, 0.3) is 5.69 Å². The average Bonchev–Trinajstić information content (AvgIpc) is 2.34. The van der Waals surface area contributed by atoms with E-state index in [2.05, 4.69) is 5.32 Å². The Kier molecular flexibility index (Phi) is 3.90. The molecule has 0 amide bonds. The Hall–Kier alpha value is -1.50. The van der Waals surface area contributed by atoms with Crippen molar-refractivity contribution in [2.75, 3.05) is 16.8 Å². The Morgan fingerprint density at radius 3 is 2.67 bits per heavy atom. The first kappa shape index (κ1) is 12.9. The molecule has 5 nitrogen and oxygen atoms in total. The molecule has 0 unspecified atom stereocenters. The number of benzene rings is 1. The predicted octanol–water partition coefficient (Wildman–Crippen LogP) is 2.06. The Bertz CT molecular complexity index is 485. The van der Waals surface area contributed by atoms with Crippen molar-refractivity contribution in [1.82, 2.24) is 0 Å². The summed E-state index contributed by atoms with van der Waals surface area (Å²) in [6.07, 6.45) is 1.42. The molecule has 1 saturated heterocycles. The second-order valence-electron chi connectivity index (χ2n) is 4.19. The molecule has 2 rings (SSSR count). The van der Waals surface area contributed by atoms with Gasteiger partial charge < -0.3 is 5.32 Å². The number of nitrogens with one attached hydrogen (secondary N) is 1. The van der Waals surface area contributed by atoms with Crippen LogP contribution in [0.15, 0.2) is 18.2 Å². The van der Waals surface area contributed by atoms with E-state index in [1.165, 1.54) is 12.1 Å². The van der Waals surface area contributed by atoms with E-state index in [9.17, 15) is 18.7 Å². The molecular formula is C11H13FN2O3S. The van der Waals surface area contributed by atoms with Gasteiger partial charge in [-0.25, -0.2) is 4.39 Å². The highest BCUT2D eigenvalue weighted by atomic mass is 32.2. The molecule has 0 atom stereocenters. The van der Waals surface area contributed by atoms with Crippen molar-refractivity contribution < 1.29 is 13.5 Å². The fraction of sp³-hybridized carbons (Fsp3) is 0.455. The van der Waals surface area contributed by atoms with Crippen LogP contribution in [0.3, 0.4) is 0 Å². The lowest BCUT2D eigenvalue weighted by molar-refractivity contribution is -0.384. The molecule has 1 heterocycles. The van der Waals surface area contributed by atoms with Crippen molar-refractivity contribution in [3.63, 3.8) is 0 Å². The molecule has 98 valence electrons. The number of rotatable bonds is 3. The van der Waals surface area contributed by atoms with Crippen LogP contribution in [0, 0.1) is 15.9 Å². The monoisotopic (exact) mass is 272 g/mol. The molecule has 0 saturated carbocycles. The second-order valence-corrected chi connectivity index (χ2v) is 5.88. The van der Waals surface area contributed by atoms with Crippen LogP contribution in [0.25, 0.3) is 0 Å². The lowest BCUT2D eigenvalue weighted by Crippen LogP contribution is -2.29. The van der Waals surface area contributed by atoms with Crippen LogP contribution in [0.4, 0.5) is 15.8 Å². The Balaban J connectivity index is 2.13. The lowest BCUT2D eigenvalue weighted by atomic mass is 10.1. The summed E-state index contributed by atoms with van der Waals surface area (Å²) in [6.45, 7) is 0.